The van der Waals surface area contributed by atoms with E-state index in [2.05, 4.69) is 15.8 Å². The van der Waals surface area contributed by atoms with Crippen LogP contribution in [0.2, 0.25) is 20.1 Å². The molecule has 0 spiro atoms. The molecule has 2 N–H and O–H groups in total. The zero-order valence-electron chi connectivity index (χ0n) is 12.0. The van der Waals surface area contributed by atoms with Crippen molar-refractivity contribution in [2.75, 3.05) is 5.32 Å². The van der Waals surface area contributed by atoms with Gasteiger partial charge in [0.15, 0.2) is 5.11 Å². The lowest BCUT2D eigenvalue weighted by atomic mass is 10.2. The molecule has 0 unspecified atom stereocenters. The van der Waals surface area contributed by atoms with Crippen LogP contribution < -0.4 is 10.8 Å². The maximum absolute atomic E-state index is 6.03. The maximum atomic E-state index is 6.03. The first-order valence-electron chi connectivity index (χ1n) is 6.55. The Morgan fingerprint density at radius 2 is 1.75 bits per heavy atom. The molecule has 0 atom stereocenters. The summed E-state index contributed by atoms with van der Waals surface area (Å²) in [5.74, 6) is 0. The highest BCUT2D eigenvalue weighted by atomic mass is 35.5. The lowest BCUT2D eigenvalue weighted by molar-refractivity contribution is 0.0747. The second-order valence-corrected chi connectivity index (χ2v) is 6.59. The minimum Gasteiger partial charge on any atom is -0.331 e. The van der Waals surface area contributed by atoms with Crippen LogP contribution in [0.1, 0.15) is 5.56 Å². The number of benzene rings is 2. The summed E-state index contributed by atoms with van der Waals surface area (Å²) in [5.41, 5.74) is 3.98. The lowest BCUT2D eigenvalue weighted by Gasteiger charge is -2.06. The second kappa shape index (κ2) is 9.42. The third-order valence-electron chi connectivity index (χ3n) is 2.67. The number of rotatable bonds is 5. The minimum absolute atomic E-state index is 0.217. The Hall–Kier alpha value is -1.08. The average molecular weight is 423 g/mol. The molecule has 0 aromatic heterocycles. The lowest BCUT2D eigenvalue weighted by Crippen LogP contribution is -2.15. The fourth-order valence-electron chi connectivity index (χ4n) is 1.66. The van der Waals surface area contributed by atoms with Crippen LogP contribution in [-0.4, -0.2) is 11.5 Å². The first-order valence-corrected chi connectivity index (χ1v) is 8.47. The first kappa shape index (κ1) is 19.2. The molecule has 9 heteroatoms. The van der Waals surface area contributed by atoms with Gasteiger partial charge < -0.3 is 5.32 Å². The van der Waals surface area contributed by atoms with Crippen molar-refractivity contribution in [3.8, 4) is 0 Å². The summed E-state index contributed by atoms with van der Waals surface area (Å²) in [6.45, 7) is 0.242. The zero-order chi connectivity index (χ0) is 17.5. The van der Waals surface area contributed by atoms with Gasteiger partial charge in [0.25, 0.3) is 0 Å². The smallest absolute Gasteiger partial charge is 0.198 e. The van der Waals surface area contributed by atoms with E-state index in [0.717, 1.165) is 5.56 Å². The number of nitrogens with zero attached hydrogens (tertiary/aromatic N) is 1. The SMILES string of the molecule is S=C(N=CNOCc1ccc(Cl)cc1Cl)Nc1cc(Cl)cc(Cl)c1. The van der Waals surface area contributed by atoms with Gasteiger partial charge in [-0.05, 0) is 48.1 Å². The third-order valence-corrected chi connectivity index (χ3v) is 3.91. The molecule has 24 heavy (non-hydrogen) atoms. The van der Waals surface area contributed by atoms with Gasteiger partial charge in [-0.25, -0.2) is 4.99 Å². The third kappa shape index (κ3) is 6.43. The number of aliphatic imine (C=N–C) groups is 1. The standard InChI is InChI=1S/C15H11Cl4N3OS/c16-10-2-1-9(14(19)6-10)7-23-21-8-20-15(24)22-13-4-11(17)3-12(18)5-13/h1-6,8H,7H2,(H2,20,21,22,24). The molecule has 0 saturated carbocycles. The van der Waals surface area contributed by atoms with E-state index in [9.17, 15) is 0 Å². The Kier molecular flexibility index (Phi) is 7.55. The van der Waals surface area contributed by atoms with E-state index < -0.39 is 0 Å². The molecule has 0 radical (unpaired) electrons. The summed E-state index contributed by atoms with van der Waals surface area (Å²) in [5, 5.41) is 5.18. The Bertz CT molecular complexity index is 750. The van der Waals surface area contributed by atoms with Crippen LogP contribution >= 0.6 is 58.6 Å². The van der Waals surface area contributed by atoms with Gasteiger partial charge in [-0.1, -0.05) is 52.5 Å². The Morgan fingerprint density at radius 3 is 2.42 bits per heavy atom. The molecule has 0 amide bonds. The van der Waals surface area contributed by atoms with Gasteiger partial charge in [-0.2, -0.15) is 0 Å². The highest BCUT2D eigenvalue weighted by Crippen LogP contribution is 2.23. The molecule has 0 aliphatic heterocycles. The highest BCUT2D eigenvalue weighted by molar-refractivity contribution is 7.80. The summed E-state index contributed by atoms with van der Waals surface area (Å²) in [7, 11) is 0. The van der Waals surface area contributed by atoms with Gasteiger partial charge in [0, 0.05) is 25.8 Å². The number of hydrogen-bond donors (Lipinski definition) is 2. The molecule has 2 rings (SSSR count). The number of thiocarbonyl (C=S) groups is 1. The Morgan fingerprint density at radius 1 is 1.04 bits per heavy atom. The van der Waals surface area contributed by atoms with E-state index in [-0.39, 0.29) is 11.7 Å². The molecule has 126 valence electrons. The summed E-state index contributed by atoms with van der Waals surface area (Å²) in [6, 6.07) is 10.1. The van der Waals surface area contributed by atoms with Crippen molar-refractivity contribution in [3.63, 3.8) is 0 Å². The molecule has 0 fully saturated rings. The Labute approximate surface area is 164 Å². The van der Waals surface area contributed by atoms with E-state index in [4.69, 9.17) is 63.5 Å². The largest absolute Gasteiger partial charge is 0.331 e. The van der Waals surface area contributed by atoms with Crippen molar-refractivity contribution in [2.45, 2.75) is 6.61 Å². The molecule has 0 aliphatic carbocycles. The normalized spacial score (nSPS) is 10.8. The van der Waals surface area contributed by atoms with Crippen LogP contribution in [0.5, 0.6) is 0 Å². The van der Waals surface area contributed by atoms with Gasteiger partial charge >= 0.3 is 0 Å². The van der Waals surface area contributed by atoms with Crippen molar-refractivity contribution < 1.29 is 4.84 Å². The van der Waals surface area contributed by atoms with E-state index in [1.54, 1.807) is 36.4 Å². The molecule has 4 nitrogen and oxygen atoms in total. The van der Waals surface area contributed by atoms with E-state index in [1.165, 1.54) is 6.34 Å². The topological polar surface area (TPSA) is 45.7 Å². The van der Waals surface area contributed by atoms with Crippen LogP contribution in [0.15, 0.2) is 41.4 Å². The molecule has 2 aromatic rings. The summed E-state index contributed by atoms with van der Waals surface area (Å²) in [4.78, 5) is 9.19. The van der Waals surface area contributed by atoms with Crippen molar-refractivity contribution in [1.29, 1.82) is 0 Å². The van der Waals surface area contributed by atoms with Crippen LogP contribution in [0.4, 0.5) is 5.69 Å². The molecular formula is C15H11Cl4N3OS. The Balaban J connectivity index is 1.78. The molecule has 0 aliphatic rings. The van der Waals surface area contributed by atoms with Crippen molar-refractivity contribution in [1.82, 2.24) is 5.48 Å². The van der Waals surface area contributed by atoms with Crippen LogP contribution in [0, 0.1) is 0 Å². The van der Waals surface area contributed by atoms with E-state index in [1.807, 2.05) is 0 Å². The number of halogens is 4. The van der Waals surface area contributed by atoms with Gasteiger partial charge in [0.2, 0.25) is 0 Å². The monoisotopic (exact) mass is 421 g/mol. The maximum Gasteiger partial charge on any atom is 0.198 e. The van der Waals surface area contributed by atoms with E-state index in [0.29, 0.717) is 25.8 Å². The summed E-state index contributed by atoms with van der Waals surface area (Å²) >= 11 is 28.7. The van der Waals surface area contributed by atoms with Crippen LogP contribution in [0.25, 0.3) is 0 Å². The van der Waals surface area contributed by atoms with Crippen LogP contribution in [-0.2, 0) is 11.4 Å². The van der Waals surface area contributed by atoms with Crippen molar-refractivity contribution in [3.05, 3.63) is 62.1 Å². The highest BCUT2D eigenvalue weighted by Gasteiger charge is 2.01. The number of anilines is 1. The molecule has 2 aromatic carbocycles. The fourth-order valence-corrected chi connectivity index (χ4v) is 2.82. The predicted octanol–water partition coefficient (Wildman–Crippen LogP) is 5.75. The number of nitrogens with one attached hydrogen (secondary N) is 2. The minimum atomic E-state index is 0.217. The average Bonchev–Trinajstić information content (AvgIpc) is 2.47. The van der Waals surface area contributed by atoms with Crippen molar-refractivity contribution >= 4 is 75.8 Å². The zero-order valence-corrected chi connectivity index (χ0v) is 15.9. The van der Waals surface area contributed by atoms with E-state index >= 15 is 0 Å². The quantitative estimate of drug-likeness (QED) is 0.212. The van der Waals surface area contributed by atoms with Crippen molar-refractivity contribution in [2.24, 2.45) is 4.99 Å². The van der Waals surface area contributed by atoms with Crippen LogP contribution in [0.3, 0.4) is 0 Å². The fraction of sp³-hybridized carbons (Fsp3) is 0.0667. The number of hydroxylamine groups is 1. The predicted molar refractivity (Wildman–Crippen MR) is 106 cm³/mol. The van der Waals surface area contributed by atoms with Gasteiger partial charge in [0.1, 0.15) is 12.9 Å². The molecular weight excluding hydrogens is 412 g/mol. The summed E-state index contributed by atoms with van der Waals surface area (Å²) in [6.07, 6.45) is 1.31. The van der Waals surface area contributed by atoms with Gasteiger partial charge in [-0.15, -0.1) is 0 Å². The molecule has 0 saturated heterocycles. The first-order chi connectivity index (χ1) is 11.4. The van der Waals surface area contributed by atoms with Gasteiger partial charge in [0.05, 0.1) is 0 Å². The molecule has 0 bridgehead atoms. The second-order valence-electron chi connectivity index (χ2n) is 4.49. The molecule has 0 heterocycles. The summed E-state index contributed by atoms with van der Waals surface area (Å²) < 4.78 is 0. The number of hydrogen-bond acceptors (Lipinski definition) is 2. The van der Waals surface area contributed by atoms with Gasteiger partial charge in [-0.3, -0.25) is 10.3 Å².